The van der Waals surface area contributed by atoms with Crippen LogP contribution >= 0.6 is 11.3 Å². The molecule has 0 radical (unpaired) electrons. The molecular formula is C18H13N3O5S. The molecule has 1 aliphatic heterocycles. The number of nitro groups is 1. The molecule has 136 valence electrons. The molecule has 27 heavy (non-hydrogen) atoms. The Morgan fingerprint density at radius 2 is 2.11 bits per heavy atom. The highest BCUT2D eigenvalue weighted by Gasteiger charge is 2.18. The summed E-state index contributed by atoms with van der Waals surface area (Å²) in [5.41, 5.74) is 0.841. The maximum atomic E-state index is 12.6. The Morgan fingerprint density at radius 1 is 1.33 bits per heavy atom. The number of ether oxygens (including phenoxy) is 2. The van der Waals surface area contributed by atoms with Crippen LogP contribution in [-0.4, -0.2) is 22.2 Å². The Hall–Kier alpha value is -3.46. The van der Waals surface area contributed by atoms with Crippen LogP contribution in [0.3, 0.4) is 0 Å². The molecule has 0 saturated heterocycles. The third-order valence-corrected chi connectivity index (χ3v) is 5.03. The molecule has 0 N–H and O–H groups in total. The van der Waals surface area contributed by atoms with Crippen molar-refractivity contribution < 1.29 is 19.2 Å². The van der Waals surface area contributed by atoms with E-state index in [0.29, 0.717) is 22.8 Å². The van der Waals surface area contributed by atoms with Gasteiger partial charge in [-0.15, -0.1) is 6.58 Å². The van der Waals surface area contributed by atoms with E-state index in [1.54, 1.807) is 6.08 Å². The van der Waals surface area contributed by atoms with Crippen molar-refractivity contribution in [3.63, 3.8) is 0 Å². The van der Waals surface area contributed by atoms with E-state index < -0.39 is 10.8 Å². The first kappa shape index (κ1) is 17.0. The van der Waals surface area contributed by atoms with Gasteiger partial charge in [-0.2, -0.15) is 4.99 Å². The SMILES string of the molecule is C=CCn1c(=NC(=O)c2cccc([N+](=O)[O-])c2)sc2cc3c(cc21)OCO3. The molecular weight excluding hydrogens is 370 g/mol. The van der Waals surface area contributed by atoms with Crippen LogP contribution in [0.15, 0.2) is 54.0 Å². The molecule has 1 aromatic heterocycles. The Balaban J connectivity index is 1.83. The Bertz CT molecular complexity index is 1160. The minimum atomic E-state index is -0.553. The smallest absolute Gasteiger partial charge is 0.279 e. The number of amides is 1. The summed E-state index contributed by atoms with van der Waals surface area (Å²) in [5, 5.41) is 10.9. The zero-order valence-corrected chi connectivity index (χ0v) is 14.8. The number of allylic oxidation sites excluding steroid dienone is 1. The fourth-order valence-electron chi connectivity index (χ4n) is 2.75. The Kier molecular flexibility index (Phi) is 4.21. The van der Waals surface area contributed by atoms with Crippen LogP contribution < -0.4 is 14.3 Å². The van der Waals surface area contributed by atoms with Crippen molar-refractivity contribution in [1.29, 1.82) is 0 Å². The lowest BCUT2D eigenvalue weighted by Crippen LogP contribution is -2.16. The fraction of sp³-hybridized carbons (Fsp3) is 0.111. The van der Waals surface area contributed by atoms with Gasteiger partial charge in [-0.1, -0.05) is 23.5 Å². The molecule has 0 fully saturated rings. The lowest BCUT2D eigenvalue weighted by Gasteiger charge is -2.02. The third kappa shape index (κ3) is 3.08. The highest BCUT2D eigenvalue weighted by molar-refractivity contribution is 7.16. The van der Waals surface area contributed by atoms with E-state index in [4.69, 9.17) is 9.47 Å². The number of aromatic nitrogens is 1. The van der Waals surface area contributed by atoms with E-state index in [2.05, 4.69) is 11.6 Å². The zero-order chi connectivity index (χ0) is 19.0. The quantitative estimate of drug-likeness (QED) is 0.391. The van der Waals surface area contributed by atoms with Gasteiger partial charge in [-0.05, 0) is 6.07 Å². The number of hydrogen-bond donors (Lipinski definition) is 0. The number of thiazole rings is 1. The molecule has 0 bridgehead atoms. The van der Waals surface area contributed by atoms with Crippen molar-refractivity contribution in [2.45, 2.75) is 6.54 Å². The van der Waals surface area contributed by atoms with Crippen molar-refractivity contribution in [1.82, 2.24) is 4.57 Å². The average Bonchev–Trinajstić information content (AvgIpc) is 3.24. The van der Waals surface area contributed by atoms with Crippen molar-refractivity contribution in [2.75, 3.05) is 6.79 Å². The summed E-state index contributed by atoms with van der Waals surface area (Å²) < 4.78 is 13.5. The summed E-state index contributed by atoms with van der Waals surface area (Å²) in [6.07, 6.45) is 1.70. The number of benzene rings is 2. The molecule has 0 unspecified atom stereocenters. The molecule has 2 heterocycles. The molecule has 4 rings (SSSR count). The predicted molar refractivity (Wildman–Crippen MR) is 99.1 cm³/mol. The van der Waals surface area contributed by atoms with Crippen molar-refractivity contribution in [3.8, 4) is 11.5 Å². The summed E-state index contributed by atoms with van der Waals surface area (Å²) in [6.45, 7) is 4.37. The van der Waals surface area contributed by atoms with Gasteiger partial charge in [-0.3, -0.25) is 14.9 Å². The van der Waals surface area contributed by atoms with E-state index in [-0.39, 0.29) is 18.0 Å². The highest BCUT2D eigenvalue weighted by atomic mass is 32.1. The first-order chi connectivity index (χ1) is 13.1. The van der Waals surface area contributed by atoms with E-state index >= 15 is 0 Å². The summed E-state index contributed by atoms with van der Waals surface area (Å²) in [5.74, 6) is 0.726. The standard InChI is InChI=1S/C18H13N3O5S/c1-2-6-20-13-8-14-15(26-10-25-14)9-16(13)27-18(20)19-17(22)11-4-3-5-12(7-11)21(23)24/h2-5,7-9H,1,6,10H2. The fourth-order valence-corrected chi connectivity index (χ4v) is 3.80. The monoisotopic (exact) mass is 383 g/mol. The van der Waals surface area contributed by atoms with Crippen LogP contribution in [0.2, 0.25) is 0 Å². The second-order valence-corrected chi connectivity index (χ2v) is 6.69. The number of nitrogens with zero attached hydrogens (tertiary/aromatic N) is 3. The minimum Gasteiger partial charge on any atom is -0.454 e. The van der Waals surface area contributed by atoms with E-state index in [1.165, 1.54) is 35.6 Å². The average molecular weight is 383 g/mol. The summed E-state index contributed by atoms with van der Waals surface area (Å²) in [6, 6.07) is 9.19. The molecule has 0 saturated carbocycles. The lowest BCUT2D eigenvalue weighted by molar-refractivity contribution is -0.384. The van der Waals surface area contributed by atoms with Crippen molar-refractivity contribution >= 4 is 33.1 Å². The van der Waals surface area contributed by atoms with Crippen LogP contribution in [0.4, 0.5) is 5.69 Å². The number of hydrogen-bond acceptors (Lipinski definition) is 6. The second-order valence-electron chi connectivity index (χ2n) is 5.68. The third-order valence-electron chi connectivity index (χ3n) is 3.99. The summed E-state index contributed by atoms with van der Waals surface area (Å²) in [7, 11) is 0. The molecule has 0 spiro atoms. The molecule has 2 aromatic carbocycles. The molecule has 0 aliphatic carbocycles. The molecule has 9 heteroatoms. The van der Waals surface area contributed by atoms with Gasteiger partial charge >= 0.3 is 0 Å². The molecule has 0 atom stereocenters. The zero-order valence-electron chi connectivity index (χ0n) is 14.0. The maximum absolute atomic E-state index is 12.6. The topological polar surface area (TPSA) is 96.0 Å². The van der Waals surface area contributed by atoms with Crippen LogP contribution in [0.1, 0.15) is 10.4 Å². The lowest BCUT2D eigenvalue weighted by atomic mass is 10.2. The van der Waals surface area contributed by atoms with E-state index in [1.807, 2.05) is 16.7 Å². The van der Waals surface area contributed by atoms with Crippen LogP contribution in [-0.2, 0) is 6.54 Å². The summed E-state index contributed by atoms with van der Waals surface area (Å²) >= 11 is 1.32. The van der Waals surface area contributed by atoms with Gasteiger partial charge < -0.3 is 14.0 Å². The van der Waals surface area contributed by atoms with Crippen molar-refractivity contribution in [2.24, 2.45) is 4.99 Å². The first-order valence-electron chi connectivity index (χ1n) is 7.94. The largest absolute Gasteiger partial charge is 0.454 e. The van der Waals surface area contributed by atoms with Gasteiger partial charge in [0, 0.05) is 36.4 Å². The molecule has 3 aromatic rings. The van der Waals surface area contributed by atoms with Gasteiger partial charge in [0.05, 0.1) is 15.1 Å². The van der Waals surface area contributed by atoms with Gasteiger partial charge in [0.2, 0.25) is 6.79 Å². The number of non-ortho nitro benzene ring substituents is 1. The number of fused-ring (bicyclic) bond motifs is 2. The van der Waals surface area contributed by atoms with Crippen molar-refractivity contribution in [3.05, 3.63) is 69.5 Å². The highest BCUT2D eigenvalue weighted by Crippen LogP contribution is 2.37. The van der Waals surface area contributed by atoms with Gasteiger partial charge in [0.15, 0.2) is 16.3 Å². The molecule has 1 amide bonds. The minimum absolute atomic E-state index is 0.154. The van der Waals surface area contributed by atoms with Gasteiger partial charge in [0.25, 0.3) is 11.6 Å². The number of rotatable bonds is 4. The van der Waals surface area contributed by atoms with Crippen LogP contribution in [0, 0.1) is 10.1 Å². The normalized spacial score (nSPS) is 13.1. The van der Waals surface area contributed by atoms with Crippen LogP contribution in [0.25, 0.3) is 10.2 Å². The first-order valence-corrected chi connectivity index (χ1v) is 8.76. The molecule has 1 aliphatic rings. The van der Waals surface area contributed by atoms with Gasteiger partial charge in [-0.25, -0.2) is 0 Å². The Labute approximate surface area is 156 Å². The predicted octanol–water partition coefficient (Wildman–Crippen LogP) is 3.27. The summed E-state index contributed by atoms with van der Waals surface area (Å²) in [4.78, 5) is 27.6. The number of nitro benzene ring substituents is 1. The second kappa shape index (κ2) is 6.69. The van der Waals surface area contributed by atoms with E-state index in [0.717, 1.165) is 10.2 Å². The molecule has 8 nitrogen and oxygen atoms in total. The number of carbonyl (C=O) groups excluding carboxylic acids is 1. The van der Waals surface area contributed by atoms with Crippen LogP contribution in [0.5, 0.6) is 11.5 Å². The maximum Gasteiger partial charge on any atom is 0.279 e. The van der Waals surface area contributed by atoms with Gasteiger partial charge in [0.1, 0.15) is 0 Å². The Morgan fingerprint density at radius 3 is 2.85 bits per heavy atom. The van der Waals surface area contributed by atoms with E-state index in [9.17, 15) is 14.9 Å². The number of carbonyl (C=O) groups is 1.